The Labute approximate surface area is 162 Å². The van der Waals surface area contributed by atoms with Crippen molar-refractivity contribution >= 4 is 22.5 Å². The summed E-state index contributed by atoms with van der Waals surface area (Å²) in [6.45, 7) is 3.69. The number of methoxy groups -OCH3 is 2. The number of carbonyl (C=O) groups excluding carboxylic acids is 1. The van der Waals surface area contributed by atoms with Gasteiger partial charge in [0.1, 0.15) is 23.1 Å². The number of aromatic nitrogens is 3. The standard InChI is InChI=1S/C20H22N4O4/c1-12(2)18(24-20(26)16-7-5-6-8-17(16)22-23-24)19(25)21-13-9-14(27-3)11-15(10-13)28-4/h5-12,18H,1-4H3,(H,21,25). The van der Waals surface area contributed by atoms with Crippen LogP contribution < -0.4 is 20.3 Å². The summed E-state index contributed by atoms with van der Waals surface area (Å²) in [5, 5.41) is 11.3. The van der Waals surface area contributed by atoms with Crippen LogP contribution in [-0.4, -0.2) is 35.1 Å². The molecule has 0 saturated carbocycles. The van der Waals surface area contributed by atoms with Crippen molar-refractivity contribution in [2.45, 2.75) is 19.9 Å². The van der Waals surface area contributed by atoms with Crippen LogP contribution in [0.3, 0.4) is 0 Å². The highest BCUT2D eigenvalue weighted by atomic mass is 16.5. The number of hydrogen-bond acceptors (Lipinski definition) is 6. The molecule has 8 heteroatoms. The van der Waals surface area contributed by atoms with E-state index in [2.05, 4.69) is 15.6 Å². The molecule has 0 aliphatic rings. The Hall–Kier alpha value is -3.42. The molecule has 2 aromatic carbocycles. The molecule has 8 nitrogen and oxygen atoms in total. The van der Waals surface area contributed by atoms with Crippen LogP contribution in [0.2, 0.25) is 0 Å². The summed E-state index contributed by atoms with van der Waals surface area (Å²) in [6.07, 6.45) is 0. The number of nitrogens with one attached hydrogen (secondary N) is 1. The Morgan fingerprint density at radius 3 is 2.32 bits per heavy atom. The van der Waals surface area contributed by atoms with Crippen molar-refractivity contribution in [1.82, 2.24) is 15.0 Å². The van der Waals surface area contributed by atoms with E-state index in [1.807, 2.05) is 13.8 Å². The first kappa shape index (κ1) is 19.3. The average molecular weight is 382 g/mol. The summed E-state index contributed by atoms with van der Waals surface area (Å²) < 4.78 is 11.6. The molecular weight excluding hydrogens is 360 g/mol. The smallest absolute Gasteiger partial charge is 0.278 e. The van der Waals surface area contributed by atoms with E-state index in [-0.39, 0.29) is 17.4 Å². The lowest BCUT2D eigenvalue weighted by Crippen LogP contribution is -2.38. The summed E-state index contributed by atoms with van der Waals surface area (Å²) in [4.78, 5) is 25.9. The van der Waals surface area contributed by atoms with E-state index in [1.165, 1.54) is 14.2 Å². The van der Waals surface area contributed by atoms with Crippen LogP contribution in [0, 0.1) is 5.92 Å². The van der Waals surface area contributed by atoms with Gasteiger partial charge in [-0.2, -0.15) is 4.68 Å². The van der Waals surface area contributed by atoms with E-state index >= 15 is 0 Å². The average Bonchev–Trinajstić information content (AvgIpc) is 2.69. The third-order valence-corrected chi connectivity index (χ3v) is 4.37. The molecule has 28 heavy (non-hydrogen) atoms. The van der Waals surface area contributed by atoms with Crippen LogP contribution in [0.15, 0.2) is 47.3 Å². The zero-order chi connectivity index (χ0) is 20.3. The van der Waals surface area contributed by atoms with E-state index in [1.54, 1.807) is 42.5 Å². The highest BCUT2D eigenvalue weighted by Crippen LogP contribution is 2.27. The van der Waals surface area contributed by atoms with Gasteiger partial charge in [-0.3, -0.25) is 9.59 Å². The number of anilines is 1. The molecule has 0 aliphatic heterocycles. The second kappa shape index (κ2) is 8.08. The van der Waals surface area contributed by atoms with Gasteiger partial charge < -0.3 is 14.8 Å². The van der Waals surface area contributed by atoms with Gasteiger partial charge in [-0.05, 0) is 18.1 Å². The maximum atomic E-state index is 13.0. The van der Waals surface area contributed by atoms with Gasteiger partial charge in [0, 0.05) is 23.9 Å². The first-order valence-electron chi connectivity index (χ1n) is 8.82. The summed E-state index contributed by atoms with van der Waals surface area (Å²) in [7, 11) is 3.06. The SMILES string of the molecule is COc1cc(NC(=O)C(C(C)C)n2nnc3ccccc3c2=O)cc(OC)c1. The number of rotatable bonds is 6. The van der Waals surface area contributed by atoms with Gasteiger partial charge in [-0.15, -0.1) is 5.10 Å². The lowest BCUT2D eigenvalue weighted by atomic mass is 10.0. The first-order chi connectivity index (χ1) is 13.4. The second-order valence-corrected chi connectivity index (χ2v) is 6.64. The summed E-state index contributed by atoms with van der Waals surface area (Å²) in [5.74, 6) is 0.509. The minimum absolute atomic E-state index is 0.194. The molecule has 1 unspecified atom stereocenters. The van der Waals surface area contributed by atoms with Crippen molar-refractivity contribution in [3.05, 3.63) is 52.8 Å². The van der Waals surface area contributed by atoms with Gasteiger partial charge in [-0.25, -0.2) is 0 Å². The van der Waals surface area contributed by atoms with E-state index in [9.17, 15) is 9.59 Å². The molecule has 146 valence electrons. The van der Waals surface area contributed by atoms with Crippen LogP contribution in [0.25, 0.3) is 10.9 Å². The molecule has 0 aliphatic carbocycles. The second-order valence-electron chi connectivity index (χ2n) is 6.64. The summed E-state index contributed by atoms with van der Waals surface area (Å²) in [6, 6.07) is 11.1. The number of nitrogens with zero attached hydrogens (tertiary/aromatic N) is 3. The molecule has 1 atom stereocenters. The molecule has 0 radical (unpaired) electrons. The Bertz CT molecular complexity index is 1040. The number of carbonyl (C=O) groups is 1. The van der Waals surface area contributed by atoms with Gasteiger partial charge in [-0.1, -0.05) is 31.2 Å². The molecule has 0 saturated heterocycles. The molecule has 1 aromatic heterocycles. The molecule has 1 amide bonds. The largest absolute Gasteiger partial charge is 0.497 e. The number of fused-ring (bicyclic) bond motifs is 1. The van der Waals surface area contributed by atoms with Crippen molar-refractivity contribution in [3.8, 4) is 11.5 Å². The molecular formula is C20H22N4O4. The van der Waals surface area contributed by atoms with Crippen LogP contribution in [-0.2, 0) is 4.79 Å². The predicted octanol–water partition coefficient (Wildman–Crippen LogP) is 2.64. The minimum Gasteiger partial charge on any atom is -0.497 e. The lowest BCUT2D eigenvalue weighted by molar-refractivity contribution is -0.120. The Kier molecular flexibility index (Phi) is 5.58. The molecule has 0 spiro atoms. The summed E-state index contributed by atoms with van der Waals surface area (Å²) >= 11 is 0. The van der Waals surface area contributed by atoms with Crippen molar-refractivity contribution in [3.63, 3.8) is 0 Å². The number of amides is 1. The monoisotopic (exact) mass is 382 g/mol. The zero-order valence-electron chi connectivity index (χ0n) is 16.2. The molecule has 1 heterocycles. The van der Waals surface area contributed by atoms with Crippen LogP contribution in [0.1, 0.15) is 19.9 Å². The van der Waals surface area contributed by atoms with Crippen molar-refractivity contribution in [1.29, 1.82) is 0 Å². The van der Waals surface area contributed by atoms with Crippen LogP contribution in [0.5, 0.6) is 11.5 Å². The van der Waals surface area contributed by atoms with Gasteiger partial charge in [0.05, 0.1) is 19.6 Å². The number of benzene rings is 2. The Balaban J connectivity index is 1.98. The molecule has 0 bridgehead atoms. The van der Waals surface area contributed by atoms with Crippen molar-refractivity contribution in [2.75, 3.05) is 19.5 Å². The Morgan fingerprint density at radius 2 is 1.71 bits per heavy atom. The lowest BCUT2D eigenvalue weighted by Gasteiger charge is -2.21. The normalized spacial score (nSPS) is 12.0. The van der Waals surface area contributed by atoms with Crippen LogP contribution >= 0.6 is 0 Å². The van der Waals surface area contributed by atoms with Crippen molar-refractivity contribution < 1.29 is 14.3 Å². The highest BCUT2D eigenvalue weighted by molar-refractivity contribution is 5.94. The van der Waals surface area contributed by atoms with Crippen LogP contribution in [0.4, 0.5) is 5.69 Å². The molecule has 0 fully saturated rings. The van der Waals surface area contributed by atoms with Gasteiger partial charge >= 0.3 is 0 Å². The first-order valence-corrected chi connectivity index (χ1v) is 8.82. The summed E-state index contributed by atoms with van der Waals surface area (Å²) in [5.41, 5.74) is 0.625. The fourth-order valence-electron chi connectivity index (χ4n) is 2.98. The third-order valence-electron chi connectivity index (χ3n) is 4.37. The van der Waals surface area contributed by atoms with E-state index in [4.69, 9.17) is 9.47 Å². The maximum absolute atomic E-state index is 13.0. The van der Waals surface area contributed by atoms with Gasteiger partial charge in [0.2, 0.25) is 5.91 Å². The predicted molar refractivity (Wildman–Crippen MR) is 106 cm³/mol. The number of hydrogen-bond donors (Lipinski definition) is 1. The maximum Gasteiger partial charge on any atom is 0.278 e. The third kappa shape index (κ3) is 3.80. The molecule has 1 N–H and O–H groups in total. The van der Waals surface area contributed by atoms with E-state index < -0.39 is 6.04 Å². The van der Waals surface area contributed by atoms with Gasteiger partial charge in [0.25, 0.3) is 5.56 Å². The molecule has 3 aromatic rings. The fourth-order valence-corrected chi connectivity index (χ4v) is 2.98. The zero-order valence-corrected chi connectivity index (χ0v) is 16.2. The van der Waals surface area contributed by atoms with Gasteiger partial charge in [0.15, 0.2) is 0 Å². The quantitative estimate of drug-likeness (QED) is 0.704. The highest BCUT2D eigenvalue weighted by Gasteiger charge is 2.27. The van der Waals surface area contributed by atoms with E-state index in [0.717, 1.165) is 4.68 Å². The topological polar surface area (TPSA) is 95.3 Å². The fraction of sp³-hybridized carbons (Fsp3) is 0.300. The Morgan fingerprint density at radius 1 is 1.07 bits per heavy atom. The van der Waals surface area contributed by atoms with E-state index in [0.29, 0.717) is 28.1 Å². The minimum atomic E-state index is -0.832. The molecule has 3 rings (SSSR count). The number of ether oxygens (including phenoxy) is 2. The van der Waals surface area contributed by atoms with Crippen molar-refractivity contribution in [2.24, 2.45) is 5.92 Å².